The SMILES string of the molecule is CCOC(=O)C1=C(C)N=c2sc(=Cc3ccc(-c4ccc(Cl)cc4[N+](=O)[O-])o3)c(=O)n2C1c1c(OC)ccc2ccccc12. The lowest BCUT2D eigenvalue weighted by Gasteiger charge is -2.27. The van der Waals surface area contributed by atoms with Crippen LogP contribution < -0.4 is 19.6 Å². The molecule has 1 aliphatic heterocycles. The van der Waals surface area contributed by atoms with Crippen LogP contribution in [0.1, 0.15) is 31.2 Å². The van der Waals surface area contributed by atoms with E-state index < -0.39 is 22.5 Å². The van der Waals surface area contributed by atoms with Crippen LogP contribution in [0.25, 0.3) is 28.2 Å². The Morgan fingerprint density at radius 3 is 2.73 bits per heavy atom. The molecule has 1 aliphatic rings. The van der Waals surface area contributed by atoms with E-state index in [4.69, 9.17) is 25.5 Å². The first-order chi connectivity index (χ1) is 21.2. The number of nitro benzene ring substituents is 1. The van der Waals surface area contributed by atoms with Crippen molar-refractivity contribution in [3.05, 3.63) is 124 Å². The van der Waals surface area contributed by atoms with Crippen LogP contribution in [0.2, 0.25) is 5.02 Å². The van der Waals surface area contributed by atoms with E-state index in [1.807, 2.05) is 36.4 Å². The standard InChI is InChI=1S/C32H24ClN3O7S/c1-4-42-31(38)27-17(2)34-32-35(29(27)28-21-8-6-5-7-18(21)9-13-25(28)41-3)30(37)26(44-32)16-20-11-14-24(43-20)22-12-10-19(33)15-23(22)36(39)40/h5-16,29H,4H2,1-3H3. The van der Waals surface area contributed by atoms with Crippen LogP contribution in [0.5, 0.6) is 5.75 Å². The Kier molecular flexibility index (Phi) is 7.66. The molecule has 0 aliphatic carbocycles. The Balaban J connectivity index is 1.56. The molecule has 0 radical (unpaired) electrons. The maximum atomic E-state index is 14.1. The number of methoxy groups -OCH3 is 1. The van der Waals surface area contributed by atoms with Crippen molar-refractivity contribution in [2.75, 3.05) is 13.7 Å². The molecule has 10 nitrogen and oxygen atoms in total. The second-order valence-corrected chi connectivity index (χ2v) is 11.3. The Bertz CT molecular complexity index is 2200. The van der Waals surface area contributed by atoms with E-state index in [1.165, 1.54) is 29.9 Å². The number of hydrogen-bond donors (Lipinski definition) is 0. The van der Waals surface area contributed by atoms with Gasteiger partial charge in [-0.15, -0.1) is 0 Å². The topological polar surface area (TPSA) is 126 Å². The number of nitro groups is 1. The molecule has 6 rings (SSSR count). The highest BCUT2D eigenvalue weighted by Crippen LogP contribution is 2.40. The monoisotopic (exact) mass is 629 g/mol. The first kappa shape index (κ1) is 29.1. The van der Waals surface area contributed by atoms with Gasteiger partial charge in [-0.25, -0.2) is 9.79 Å². The molecule has 0 N–H and O–H groups in total. The largest absolute Gasteiger partial charge is 0.496 e. The van der Waals surface area contributed by atoms with Crippen LogP contribution in [0.3, 0.4) is 0 Å². The summed E-state index contributed by atoms with van der Waals surface area (Å²) < 4.78 is 18.9. The number of benzene rings is 3. The van der Waals surface area contributed by atoms with Gasteiger partial charge in [-0.3, -0.25) is 19.5 Å². The minimum Gasteiger partial charge on any atom is -0.496 e. The highest BCUT2D eigenvalue weighted by molar-refractivity contribution is 7.07. The molecule has 1 unspecified atom stereocenters. The maximum Gasteiger partial charge on any atom is 0.338 e. The third-order valence-corrected chi connectivity index (χ3v) is 8.48. The van der Waals surface area contributed by atoms with E-state index >= 15 is 0 Å². The van der Waals surface area contributed by atoms with Crippen LogP contribution >= 0.6 is 22.9 Å². The molecule has 0 saturated heterocycles. The molecule has 3 heterocycles. The first-order valence-electron chi connectivity index (χ1n) is 13.5. The predicted molar refractivity (Wildman–Crippen MR) is 167 cm³/mol. The zero-order chi connectivity index (χ0) is 31.1. The third kappa shape index (κ3) is 4.99. The first-order valence-corrected chi connectivity index (χ1v) is 14.7. The molecule has 0 fully saturated rings. The van der Waals surface area contributed by atoms with E-state index in [0.717, 1.165) is 22.1 Å². The summed E-state index contributed by atoms with van der Waals surface area (Å²) in [5.74, 6) is 0.463. The summed E-state index contributed by atoms with van der Waals surface area (Å²) in [7, 11) is 1.54. The number of carbonyl (C=O) groups excluding carboxylic acids is 1. The van der Waals surface area contributed by atoms with Crippen molar-refractivity contribution in [1.29, 1.82) is 0 Å². The number of fused-ring (bicyclic) bond motifs is 2. The highest BCUT2D eigenvalue weighted by atomic mass is 35.5. The fourth-order valence-corrected chi connectivity index (χ4v) is 6.56. The summed E-state index contributed by atoms with van der Waals surface area (Å²) >= 11 is 7.10. The van der Waals surface area contributed by atoms with Crippen molar-refractivity contribution >= 4 is 51.4 Å². The van der Waals surface area contributed by atoms with Crippen molar-refractivity contribution in [1.82, 2.24) is 4.57 Å². The number of rotatable bonds is 7. The van der Waals surface area contributed by atoms with Crippen molar-refractivity contribution in [3.8, 4) is 17.1 Å². The van der Waals surface area contributed by atoms with E-state index in [-0.39, 0.29) is 38.7 Å². The van der Waals surface area contributed by atoms with Gasteiger partial charge in [0.1, 0.15) is 23.3 Å². The minimum absolute atomic E-state index is 0.145. The molecule has 3 aromatic carbocycles. The highest BCUT2D eigenvalue weighted by Gasteiger charge is 2.36. The molecule has 1 atom stereocenters. The Morgan fingerprint density at radius 2 is 1.98 bits per heavy atom. The van der Waals surface area contributed by atoms with Gasteiger partial charge >= 0.3 is 5.97 Å². The summed E-state index contributed by atoms with van der Waals surface area (Å²) in [4.78, 5) is 43.7. The van der Waals surface area contributed by atoms with Gasteiger partial charge in [0.05, 0.1) is 40.0 Å². The number of ether oxygens (including phenoxy) is 2. The van der Waals surface area contributed by atoms with E-state index in [2.05, 4.69) is 4.99 Å². The van der Waals surface area contributed by atoms with Crippen molar-refractivity contribution in [2.45, 2.75) is 19.9 Å². The van der Waals surface area contributed by atoms with E-state index in [9.17, 15) is 19.7 Å². The second-order valence-electron chi connectivity index (χ2n) is 9.83. The van der Waals surface area contributed by atoms with Crippen molar-refractivity contribution in [3.63, 3.8) is 0 Å². The van der Waals surface area contributed by atoms with E-state index in [1.54, 1.807) is 32.1 Å². The average Bonchev–Trinajstić information content (AvgIpc) is 3.59. The number of esters is 1. The number of aromatic nitrogens is 1. The predicted octanol–water partition coefficient (Wildman–Crippen LogP) is 5.78. The lowest BCUT2D eigenvalue weighted by molar-refractivity contribution is -0.384. The molecule has 0 amide bonds. The van der Waals surface area contributed by atoms with Gasteiger partial charge in [0.25, 0.3) is 11.2 Å². The number of halogens is 1. The van der Waals surface area contributed by atoms with Gasteiger partial charge in [-0.1, -0.05) is 53.3 Å². The van der Waals surface area contributed by atoms with Crippen LogP contribution in [-0.4, -0.2) is 29.2 Å². The van der Waals surface area contributed by atoms with Crippen molar-refractivity contribution in [2.24, 2.45) is 4.99 Å². The molecule has 0 spiro atoms. The quantitative estimate of drug-likeness (QED) is 0.127. The summed E-state index contributed by atoms with van der Waals surface area (Å²) in [6.45, 7) is 3.57. The summed E-state index contributed by atoms with van der Waals surface area (Å²) in [6.07, 6.45) is 1.55. The smallest absolute Gasteiger partial charge is 0.338 e. The van der Waals surface area contributed by atoms with Gasteiger partial charge in [0, 0.05) is 22.7 Å². The normalized spacial score (nSPS) is 14.8. The van der Waals surface area contributed by atoms with Crippen LogP contribution in [0, 0.1) is 10.1 Å². The van der Waals surface area contributed by atoms with E-state index in [0.29, 0.717) is 27.6 Å². The zero-order valence-electron chi connectivity index (χ0n) is 23.7. The van der Waals surface area contributed by atoms with Crippen molar-refractivity contribution < 1.29 is 23.6 Å². The zero-order valence-corrected chi connectivity index (χ0v) is 25.3. The van der Waals surface area contributed by atoms with Crippen LogP contribution in [0.15, 0.2) is 92.2 Å². The molecule has 2 aromatic heterocycles. The molecule has 0 bridgehead atoms. The third-order valence-electron chi connectivity index (χ3n) is 7.26. The molecule has 5 aromatic rings. The lowest BCUT2D eigenvalue weighted by atomic mass is 9.90. The van der Waals surface area contributed by atoms with Gasteiger partial charge in [-0.05, 0) is 55.0 Å². The second kappa shape index (κ2) is 11.6. The van der Waals surface area contributed by atoms with Crippen LogP contribution in [0.4, 0.5) is 5.69 Å². The Labute approximate surface area is 258 Å². The molecule has 12 heteroatoms. The number of hydrogen-bond acceptors (Lipinski definition) is 9. The lowest BCUT2D eigenvalue weighted by Crippen LogP contribution is -2.40. The molecular weight excluding hydrogens is 606 g/mol. The van der Waals surface area contributed by atoms with Gasteiger partial charge in [0.15, 0.2) is 4.80 Å². The van der Waals surface area contributed by atoms with Gasteiger partial charge in [-0.2, -0.15) is 0 Å². The van der Waals surface area contributed by atoms with Crippen LogP contribution in [-0.2, 0) is 9.53 Å². The van der Waals surface area contributed by atoms with Gasteiger partial charge in [0.2, 0.25) is 0 Å². The fourth-order valence-electron chi connectivity index (χ4n) is 5.37. The average molecular weight is 630 g/mol. The summed E-state index contributed by atoms with van der Waals surface area (Å²) in [6, 6.07) is 18.0. The molecule has 222 valence electrons. The molecular formula is C32H24ClN3O7S. The van der Waals surface area contributed by atoms with Gasteiger partial charge < -0.3 is 13.9 Å². The minimum atomic E-state index is -0.891. The fraction of sp³-hybridized carbons (Fsp3) is 0.156. The summed E-state index contributed by atoms with van der Waals surface area (Å²) in [5, 5.41) is 13.6. The number of furan rings is 1. The number of nitrogens with zero attached hydrogens (tertiary/aromatic N) is 3. The Morgan fingerprint density at radius 1 is 1.18 bits per heavy atom. The molecule has 0 saturated carbocycles. The molecule has 44 heavy (non-hydrogen) atoms. The maximum absolute atomic E-state index is 14.1. The Hall–Kier alpha value is -5.00. The summed E-state index contributed by atoms with van der Waals surface area (Å²) in [5.41, 5.74) is 0.925. The number of allylic oxidation sites excluding steroid dienone is 1. The number of carbonyl (C=O) groups is 1. The number of thiazole rings is 1.